The van der Waals surface area contributed by atoms with Crippen molar-refractivity contribution in [3.8, 4) is 0 Å². The number of amides is 2. The number of morpholine rings is 1. The highest BCUT2D eigenvalue weighted by molar-refractivity contribution is 5.95. The number of nitrogens with zero attached hydrogens (tertiary/aromatic N) is 1. The summed E-state index contributed by atoms with van der Waals surface area (Å²) in [5.74, 6) is -2.94. The van der Waals surface area contributed by atoms with E-state index in [4.69, 9.17) is 30.5 Å². The molecule has 1 heterocycles. The second-order valence-electron chi connectivity index (χ2n) is 8.25. The number of hydrogen-bond acceptors (Lipinski definition) is 6. The number of amidine groups is 1. The number of ether oxygens (including phenoxy) is 2. The van der Waals surface area contributed by atoms with Gasteiger partial charge in [0.05, 0.1) is 13.2 Å². The molecular formula is C21H29F3N4O6. The van der Waals surface area contributed by atoms with E-state index in [1.165, 1.54) is 0 Å². The largest absolute Gasteiger partial charge is 0.490 e. The Bertz CT molecular complexity index is 863. The van der Waals surface area contributed by atoms with Crippen LogP contribution in [-0.4, -0.2) is 77.9 Å². The molecule has 1 aromatic rings. The summed E-state index contributed by atoms with van der Waals surface area (Å²) in [5, 5.41) is 17.3. The average Bonchev–Trinajstić information content (AvgIpc) is 2.72. The highest BCUT2D eigenvalue weighted by Crippen LogP contribution is 2.13. The molecule has 0 aromatic heterocycles. The van der Waals surface area contributed by atoms with E-state index < -0.39 is 29.9 Å². The third kappa shape index (κ3) is 10.5. The molecule has 10 nitrogen and oxygen atoms in total. The van der Waals surface area contributed by atoms with Gasteiger partial charge in [0, 0.05) is 25.1 Å². The lowest BCUT2D eigenvalue weighted by Crippen LogP contribution is -2.53. The SMILES string of the molecule is CC(C)(C)OC(=O)N[C@@H](Cc1ccc(C(=N)N)cc1)C(=O)N1CCOCC1.O=C(O)C(F)(F)F. The Balaban J connectivity index is 0.000000718. The van der Waals surface area contributed by atoms with Crippen LogP contribution in [0.5, 0.6) is 0 Å². The average molecular weight is 490 g/mol. The Morgan fingerprint density at radius 3 is 2.09 bits per heavy atom. The molecule has 0 unspecified atom stereocenters. The van der Waals surface area contributed by atoms with Gasteiger partial charge >= 0.3 is 18.2 Å². The van der Waals surface area contributed by atoms with E-state index in [0.717, 1.165) is 5.56 Å². The molecule has 2 amide bonds. The molecule has 5 N–H and O–H groups in total. The lowest BCUT2D eigenvalue weighted by molar-refractivity contribution is -0.192. The number of carbonyl (C=O) groups excluding carboxylic acids is 2. The lowest BCUT2D eigenvalue weighted by Gasteiger charge is -2.31. The van der Waals surface area contributed by atoms with E-state index >= 15 is 0 Å². The van der Waals surface area contributed by atoms with Crippen molar-refractivity contribution in [1.29, 1.82) is 5.41 Å². The summed E-state index contributed by atoms with van der Waals surface area (Å²) in [6, 6.07) is 6.30. The number of carboxylic acid groups (broad SMARTS) is 1. The number of alkyl carbamates (subject to hydrolysis) is 1. The van der Waals surface area contributed by atoms with Gasteiger partial charge in [-0.2, -0.15) is 13.2 Å². The predicted molar refractivity (Wildman–Crippen MR) is 115 cm³/mol. The molecule has 1 saturated heterocycles. The molecule has 0 saturated carbocycles. The quantitative estimate of drug-likeness (QED) is 0.363. The zero-order valence-electron chi connectivity index (χ0n) is 19.1. The van der Waals surface area contributed by atoms with Gasteiger partial charge in [0.25, 0.3) is 0 Å². The smallest absolute Gasteiger partial charge is 0.475 e. The Hall–Kier alpha value is -3.35. The van der Waals surface area contributed by atoms with Gasteiger partial charge in [-0.25, -0.2) is 9.59 Å². The van der Waals surface area contributed by atoms with Crippen molar-refractivity contribution in [2.45, 2.75) is 45.0 Å². The monoisotopic (exact) mass is 490 g/mol. The van der Waals surface area contributed by atoms with Crippen LogP contribution in [0.4, 0.5) is 18.0 Å². The summed E-state index contributed by atoms with van der Waals surface area (Å²) in [6.45, 7) is 7.27. The molecule has 1 atom stereocenters. The van der Waals surface area contributed by atoms with Crippen LogP contribution in [0.3, 0.4) is 0 Å². The van der Waals surface area contributed by atoms with Gasteiger partial charge in [-0.15, -0.1) is 0 Å². The van der Waals surface area contributed by atoms with Gasteiger partial charge in [-0.3, -0.25) is 10.2 Å². The molecule has 1 aliphatic heterocycles. The number of alkyl halides is 3. The van der Waals surface area contributed by atoms with Crippen LogP contribution in [0, 0.1) is 5.41 Å². The number of halogens is 3. The first kappa shape index (κ1) is 28.7. The molecule has 1 fully saturated rings. The van der Waals surface area contributed by atoms with E-state index in [2.05, 4.69) is 5.32 Å². The minimum atomic E-state index is -5.08. The molecule has 0 aliphatic carbocycles. The fraction of sp³-hybridized carbons (Fsp3) is 0.524. The normalized spacial score (nSPS) is 14.8. The van der Waals surface area contributed by atoms with E-state index in [1.54, 1.807) is 49.9 Å². The summed E-state index contributed by atoms with van der Waals surface area (Å²) in [6.07, 6.45) is -5.40. The lowest BCUT2D eigenvalue weighted by atomic mass is 10.0. The van der Waals surface area contributed by atoms with Crippen molar-refractivity contribution < 1.29 is 42.1 Å². The third-order valence-corrected chi connectivity index (χ3v) is 4.26. The van der Waals surface area contributed by atoms with E-state index in [9.17, 15) is 22.8 Å². The standard InChI is InChI=1S/C19H28N4O4.C2HF3O2/c1-19(2,3)27-18(25)22-15(17(24)23-8-10-26-11-9-23)12-13-4-6-14(7-5-13)16(20)21;3-2(4,5)1(6)7/h4-7,15H,8-12H2,1-3H3,(H3,20,21)(H,22,25);(H,6,7)/t15-;/m0./s1. The molecule has 0 radical (unpaired) electrons. The summed E-state index contributed by atoms with van der Waals surface area (Å²) < 4.78 is 42.3. The van der Waals surface area contributed by atoms with Crippen molar-refractivity contribution in [2.75, 3.05) is 26.3 Å². The van der Waals surface area contributed by atoms with Crippen molar-refractivity contribution in [3.05, 3.63) is 35.4 Å². The van der Waals surface area contributed by atoms with Crippen LogP contribution in [0.1, 0.15) is 31.9 Å². The van der Waals surface area contributed by atoms with Crippen LogP contribution in [0.2, 0.25) is 0 Å². The molecule has 0 spiro atoms. The van der Waals surface area contributed by atoms with E-state index in [-0.39, 0.29) is 11.7 Å². The maximum absolute atomic E-state index is 12.9. The Morgan fingerprint density at radius 2 is 1.68 bits per heavy atom. The van der Waals surface area contributed by atoms with Gasteiger partial charge in [0.15, 0.2) is 0 Å². The maximum atomic E-state index is 12.9. The number of carboxylic acids is 1. The first-order valence-corrected chi connectivity index (χ1v) is 10.2. The van der Waals surface area contributed by atoms with E-state index in [1.807, 2.05) is 0 Å². The summed E-state index contributed by atoms with van der Waals surface area (Å²) in [4.78, 5) is 35.7. The minimum absolute atomic E-state index is 0.0191. The minimum Gasteiger partial charge on any atom is -0.475 e. The number of nitrogen functional groups attached to an aromatic ring is 1. The number of carbonyl (C=O) groups is 3. The molecule has 190 valence electrons. The zero-order valence-corrected chi connectivity index (χ0v) is 19.1. The number of hydrogen-bond donors (Lipinski definition) is 4. The first-order valence-electron chi connectivity index (χ1n) is 10.2. The molecule has 13 heteroatoms. The number of aliphatic carboxylic acids is 1. The second-order valence-corrected chi connectivity index (χ2v) is 8.25. The maximum Gasteiger partial charge on any atom is 0.490 e. The number of benzene rings is 1. The van der Waals surface area contributed by atoms with Crippen LogP contribution in [-0.2, 0) is 25.5 Å². The molecule has 0 bridgehead atoms. The van der Waals surface area contributed by atoms with Crippen molar-refractivity contribution >= 4 is 23.8 Å². The molecule has 1 aliphatic rings. The topological polar surface area (TPSA) is 155 Å². The van der Waals surface area contributed by atoms with Gasteiger partial charge in [-0.1, -0.05) is 24.3 Å². The summed E-state index contributed by atoms with van der Waals surface area (Å²) >= 11 is 0. The molecule has 34 heavy (non-hydrogen) atoms. The fourth-order valence-electron chi connectivity index (χ4n) is 2.71. The third-order valence-electron chi connectivity index (χ3n) is 4.26. The van der Waals surface area contributed by atoms with Gasteiger partial charge < -0.3 is 30.5 Å². The van der Waals surface area contributed by atoms with Gasteiger partial charge in [0.2, 0.25) is 5.91 Å². The molecule has 1 aromatic carbocycles. The molecule has 2 rings (SSSR count). The van der Waals surface area contributed by atoms with Crippen molar-refractivity contribution in [1.82, 2.24) is 10.2 Å². The highest BCUT2D eigenvalue weighted by atomic mass is 19.4. The van der Waals surface area contributed by atoms with Crippen LogP contribution < -0.4 is 11.1 Å². The van der Waals surface area contributed by atoms with Crippen molar-refractivity contribution in [3.63, 3.8) is 0 Å². The van der Waals surface area contributed by atoms with Crippen molar-refractivity contribution in [2.24, 2.45) is 5.73 Å². The van der Waals surface area contributed by atoms with Gasteiger partial charge in [-0.05, 0) is 26.3 Å². The Morgan fingerprint density at radius 1 is 1.18 bits per heavy atom. The first-order chi connectivity index (χ1) is 15.6. The highest BCUT2D eigenvalue weighted by Gasteiger charge is 2.38. The predicted octanol–water partition coefficient (Wildman–Crippen LogP) is 1.90. The van der Waals surface area contributed by atoms with Crippen LogP contribution >= 0.6 is 0 Å². The van der Waals surface area contributed by atoms with E-state index in [0.29, 0.717) is 38.3 Å². The number of nitrogens with one attached hydrogen (secondary N) is 2. The fourth-order valence-corrected chi connectivity index (χ4v) is 2.71. The number of nitrogens with two attached hydrogens (primary N) is 1. The van der Waals surface area contributed by atoms with Crippen LogP contribution in [0.15, 0.2) is 24.3 Å². The zero-order chi connectivity index (χ0) is 26.1. The summed E-state index contributed by atoms with van der Waals surface area (Å²) in [7, 11) is 0. The molecular weight excluding hydrogens is 461 g/mol. The number of rotatable bonds is 5. The van der Waals surface area contributed by atoms with Crippen LogP contribution in [0.25, 0.3) is 0 Å². The summed E-state index contributed by atoms with van der Waals surface area (Å²) in [5.41, 5.74) is 6.28. The Kier molecular flexibility index (Phi) is 10.3. The second kappa shape index (κ2) is 12.2. The van der Waals surface area contributed by atoms with Gasteiger partial charge in [0.1, 0.15) is 17.5 Å². The Labute approximate surface area is 194 Å².